The highest BCUT2D eigenvalue weighted by atomic mass is 35.5. The molecule has 5 rings (SSSR count). The van der Waals surface area contributed by atoms with E-state index < -0.39 is 15.6 Å². The Morgan fingerprint density at radius 1 is 1.11 bits per heavy atom. The Kier molecular flexibility index (Phi) is 7.43. The van der Waals surface area contributed by atoms with E-state index in [4.69, 9.17) is 11.6 Å². The first kappa shape index (κ1) is 27.3. The number of nitrogens with one attached hydrogen (secondary N) is 1. The SMILES string of the molecule is Cc1sc(NC(=O)CN2CCC3(CC2)CN(S(=O)(=O)c2cccc(Cl)c2)C(C)(C)C3)nc1-c1ccccc1. The van der Waals surface area contributed by atoms with Crippen molar-refractivity contribution < 1.29 is 13.2 Å². The average Bonchev–Trinajstić information content (AvgIpc) is 3.37. The molecule has 38 heavy (non-hydrogen) atoms. The number of rotatable bonds is 6. The standard InChI is InChI=1S/C28H33ClN4O3S2/c1-20-25(21-8-5-4-6-9-21)31-26(37-20)30-24(34)17-32-14-12-28(13-15-32)18-27(2,3)33(19-28)38(35,36)23-11-7-10-22(29)16-23/h4-11,16H,12-15,17-19H2,1-3H3,(H,30,31,34). The van der Waals surface area contributed by atoms with Crippen LogP contribution in [0.5, 0.6) is 0 Å². The van der Waals surface area contributed by atoms with Gasteiger partial charge in [0.1, 0.15) is 0 Å². The number of amides is 1. The quantitative estimate of drug-likeness (QED) is 0.412. The minimum atomic E-state index is -3.67. The van der Waals surface area contributed by atoms with Gasteiger partial charge in [-0.2, -0.15) is 4.31 Å². The number of aryl methyl sites for hydroxylation is 1. The van der Waals surface area contributed by atoms with Crippen LogP contribution in [0.2, 0.25) is 5.02 Å². The first-order chi connectivity index (χ1) is 18.0. The van der Waals surface area contributed by atoms with E-state index in [9.17, 15) is 13.2 Å². The normalized spacial score (nSPS) is 19.6. The molecule has 1 amide bonds. The van der Waals surface area contributed by atoms with Crippen molar-refractivity contribution in [1.29, 1.82) is 0 Å². The Labute approximate surface area is 233 Å². The Morgan fingerprint density at radius 2 is 1.82 bits per heavy atom. The van der Waals surface area contributed by atoms with E-state index in [1.807, 2.05) is 51.1 Å². The zero-order valence-electron chi connectivity index (χ0n) is 21.9. The van der Waals surface area contributed by atoms with E-state index in [2.05, 4.69) is 15.2 Å². The molecule has 0 radical (unpaired) electrons. The van der Waals surface area contributed by atoms with Crippen molar-refractivity contribution in [1.82, 2.24) is 14.2 Å². The summed E-state index contributed by atoms with van der Waals surface area (Å²) in [5.41, 5.74) is 1.33. The van der Waals surface area contributed by atoms with Gasteiger partial charge in [-0.1, -0.05) is 48.0 Å². The number of thiazole rings is 1. The van der Waals surface area contributed by atoms with E-state index in [0.717, 1.165) is 48.5 Å². The fourth-order valence-electron chi connectivity index (χ4n) is 5.94. The Balaban J connectivity index is 1.20. The average molecular weight is 573 g/mol. The third-order valence-corrected chi connectivity index (χ3v) is 10.9. The lowest BCUT2D eigenvalue weighted by molar-refractivity contribution is -0.117. The van der Waals surface area contributed by atoms with Gasteiger partial charge < -0.3 is 5.32 Å². The summed E-state index contributed by atoms with van der Waals surface area (Å²) in [5, 5.41) is 3.99. The molecule has 0 unspecified atom stereocenters. The van der Waals surface area contributed by atoms with E-state index in [1.165, 1.54) is 17.4 Å². The second-order valence-corrected chi connectivity index (χ2v) is 14.6. The molecule has 0 atom stereocenters. The third kappa shape index (κ3) is 5.53. The zero-order valence-corrected chi connectivity index (χ0v) is 24.3. The maximum atomic E-state index is 13.5. The van der Waals surface area contributed by atoms with E-state index in [-0.39, 0.29) is 16.2 Å². The van der Waals surface area contributed by atoms with Crippen molar-refractivity contribution in [3.05, 3.63) is 64.5 Å². The Morgan fingerprint density at radius 3 is 2.50 bits per heavy atom. The van der Waals surface area contributed by atoms with Crippen molar-refractivity contribution in [2.24, 2.45) is 5.41 Å². The maximum absolute atomic E-state index is 13.5. The van der Waals surface area contributed by atoms with Gasteiger partial charge in [0.15, 0.2) is 5.13 Å². The summed E-state index contributed by atoms with van der Waals surface area (Å²) in [6, 6.07) is 16.4. The van der Waals surface area contributed by atoms with Crippen molar-refractivity contribution in [3.63, 3.8) is 0 Å². The highest BCUT2D eigenvalue weighted by Gasteiger charge is 2.53. The van der Waals surface area contributed by atoms with Gasteiger partial charge in [-0.25, -0.2) is 13.4 Å². The lowest BCUT2D eigenvalue weighted by Crippen LogP contribution is -2.45. The van der Waals surface area contributed by atoms with Crippen LogP contribution in [-0.2, 0) is 14.8 Å². The topological polar surface area (TPSA) is 82.6 Å². The van der Waals surface area contributed by atoms with Crippen LogP contribution in [0, 0.1) is 12.3 Å². The molecule has 3 heterocycles. The fraction of sp³-hybridized carbons (Fsp3) is 0.429. The van der Waals surface area contributed by atoms with Crippen LogP contribution in [0.3, 0.4) is 0 Å². The first-order valence-corrected chi connectivity index (χ1v) is 15.4. The minimum absolute atomic E-state index is 0.0776. The molecule has 2 fully saturated rings. The van der Waals surface area contributed by atoms with Crippen LogP contribution < -0.4 is 5.32 Å². The first-order valence-electron chi connectivity index (χ1n) is 12.8. The molecule has 0 saturated carbocycles. The molecule has 0 bridgehead atoms. The number of carbonyl (C=O) groups is 1. The van der Waals surface area contributed by atoms with Crippen LogP contribution in [0.1, 0.15) is 38.0 Å². The summed E-state index contributed by atoms with van der Waals surface area (Å²) in [4.78, 5) is 20.9. The zero-order chi connectivity index (χ0) is 27.1. The van der Waals surface area contributed by atoms with E-state index in [1.54, 1.807) is 22.5 Å². The lowest BCUT2D eigenvalue weighted by Gasteiger charge is -2.39. The summed E-state index contributed by atoms with van der Waals surface area (Å²) < 4.78 is 28.7. The fourth-order valence-corrected chi connectivity index (χ4v) is 8.99. The number of hydrogen-bond donors (Lipinski definition) is 1. The van der Waals surface area contributed by atoms with Crippen LogP contribution in [0.25, 0.3) is 11.3 Å². The third-order valence-electron chi connectivity index (χ3n) is 7.72. The van der Waals surface area contributed by atoms with Gasteiger partial charge >= 0.3 is 0 Å². The van der Waals surface area contributed by atoms with Gasteiger partial charge in [-0.3, -0.25) is 9.69 Å². The molecule has 1 aromatic heterocycles. The number of benzene rings is 2. The molecule has 0 aliphatic carbocycles. The van der Waals surface area contributed by atoms with Gasteiger partial charge in [0.05, 0.1) is 17.1 Å². The van der Waals surface area contributed by atoms with Gasteiger partial charge in [-0.05, 0) is 76.7 Å². The van der Waals surface area contributed by atoms with Crippen molar-refractivity contribution in [2.45, 2.75) is 50.5 Å². The number of piperidine rings is 1. The molecular formula is C28H33ClN4O3S2. The number of carbonyl (C=O) groups excluding carboxylic acids is 1. The van der Waals surface area contributed by atoms with Crippen LogP contribution in [0.4, 0.5) is 5.13 Å². The molecule has 10 heteroatoms. The highest BCUT2D eigenvalue weighted by molar-refractivity contribution is 7.89. The van der Waals surface area contributed by atoms with Gasteiger partial charge in [-0.15, -0.1) is 11.3 Å². The molecule has 3 aromatic rings. The molecule has 1 N–H and O–H groups in total. The Bertz CT molecular complexity index is 1430. The van der Waals surface area contributed by atoms with E-state index >= 15 is 0 Å². The molecule has 7 nitrogen and oxygen atoms in total. The number of anilines is 1. The number of nitrogens with zero attached hydrogens (tertiary/aromatic N) is 3. The van der Waals surface area contributed by atoms with E-state index in [0.29, 0.717) is 23.2 Å². The molecule has 1 spiro atoms. The van der Waals surface area contributed by atoms with Crippen molar-refractivity contribution >= 4 is 44.0 Å². The number of halogens is 1. The van der Waals surface area contributed by atoms with Gasteiger partial charge in [0.2, 0.25) is 15.9 Å². The van der Waals surface area contributed by atoms with Crippen LogP contribution >= 0.6 is 22.9 Å². The number of hydrogen-bond acceptors (Lipinski definition) is 6. The number of likely N-dealkylation sites (tertiary alicyclic amines) is 1. The summed E-state index contributed by atoms with van der Waals surface area (Å²) in [6.45, 7) is 8.30. The summed E-state index contributed by atoms with van der Waals surface area (Å²) in [5.74, 6) is -0.0776. The molecular weight excluding hydrogens is 540 g/mol. The van der Waals surface area contributed by atoms with Crippen molar-refractivity contribution in [3.8, 4) is 11.3 Å². The summed E-state index contributed by atoms with van der Waals surface area (Å²) in [6.07, 6.45) is 2.49. The predicted molar refractivity (Wildman–Crippen MR) is 153 cm³/mol. The minimum Gasteiger partial charge on any atom is -0.301 e. The number of sulfonamides is 1. The highest BCUT2D eigenvalue weighted by Crippen LogP contribution is 2.50. The predicted octanol–water partition coefficient (Wildman–Crippen LogP) is 5.67. The molecule has 2 aromatic carbocycles. The van der Waals surface area contributed by atoms with Crippen molar-refractivity contribution in [2.75, 3.05) is 31.5 Å². The largest absolute Gasteiger partial charge is 0.301 e. The second kappa shape index (κ2) is 10.4. The van der Waals surface area contributed by atoms with Gasteiger partial charge in [0, 0.05) is 27.5 Å². The van der Waals surface area contributed by atoms with Crippen LogP contribution in [0.15, 0.2) is 59.5 Å². The van der Waals surface area contributed by atoms with Crippen LogP contribution in [-0.4, -0.2) is 60.2 Å². The molecule has 2 aliphatic rings. The summed E-state index contributed by atoms with van der Waals surface area (Å²) in [7, 11) is -3.67. The lowest BCUT2D eigenvalue weighted by atomic mass is 9.74. The maximum Gasteiger partial charge on any atom is 0.243 e. The smallest absolute Gasteiger partial charge is 0.243 e. The molecule has 2 aliphatic heterocycles. The molecule has 2 saturated heterocycles. The molecule has 202 valence electrons. The second-order valence-electron chi connectivity index (χ2n) is 11.1. The summed E-state index contributed by atoms with van der Waals surface area (Å²) >= 11 is 7.58. The number of aromatic nitrogens is 1. The Hall–Kier alpha value is -2.30. The monoisotopic (exact) mass is 572 g/mol. The van der Waals surface area contributed by atoms with Gasteiger partial charge in [0.25, 0.3) is 0 Å².